The fourth-order valence-corrected chi connectivity index (χ4v) is 5.57. The first-order valence-electron chi connectivity index (χ1n) is 10.2. The smallest absolute Gasteiger partial charge is 0.309 e. The zero-order valence-corrected chi connectivity index (χ0v) is 19.9. The summed E-state index contributed by atoms with van der Waals surface area (Å²) in [6.07, 6.45) is 0.940. The van der Waals surface area contributed by atoms with Crippen LogP contribution in [0.4, 0.5) is 5.69 Å². The Bertz CT molecular complexity index is 1070. The third-order valence-electron chi connectivity index (χ3n) is 5.26. The maximum Gasteiger partial charge on any atom is 0.309 e. The van der Waals surface area contributed by atoms with E-state index in [-0.39, 0.29) is 33.4 Å². The van der Waals surface area contributed by atoms with Crippen LogP contribution < -0.4 is 4.31 Å². The van der Waals surface area contributed by atoms with E-state index in [4.69, 9.17) is 27.9 Å². The van der Waals surface area contributed by atoms with Crippen molar-refractivity contribution in [3.8, 4) is 0 Å². The van der Waals surface area contributed by atoms with E-state index in [2.05, 4.69) is 0 Å². The Balaban J connectivity index is 1.84. The van der Waals surface area contributed by atoms with Gasteiger partial charge in [-0.05, 0) is 50.1 Å². The lowest BCUT2D eigenvalue weighted by molar-refractivity contribution is -0.151. The van der Waals surface area contributed by atoms with E-state index >= 15 is 0 Å². The van der Waals surface area contributed by atoms with Crippen LogP contribution in [0.3, 0.4) is 0 Å². The number of sulfonamides is 1. The van der Waals surface area contributed by atoms with Gasteiger partial charge in [-0.3, -0.25) is 13.9 Å². The molecule has 0 atom stereocenters. The molecule has 1 aliphatic heterocycles. The van der Waals surface area contributed by atoms with E-state index in [1.54, 1.807) is 30.0 Å². The molecular weight excluding hydrogens is 475 g/mol. The lowest BCUT2D eigenvalue weighted by Crippen LogP contribution is -2.46. The van der Waals surface area contributed by atoms with E-state index in [0.29, 0.717) is 37.6 Å². The van der Waals surface area contributed by atoms with Crippen molar-refractivity contribution in [2.75, 3.05) is 30.5 Å². The molecule has 1 fully saturated rings. The Labute approximate surface area is 197 Å². The number of ether oxygens (including phenoxy) is 1. The van der Waals surface area contributed by atoms with Crippen LogP contribution in [-0.4, -0.2) is 51.4 Å². The average Bonchev–Trinajstić information content (AvgIpc) is 2.78. The highest BCUT2D eigenvalue weighted by molar-refractivity contribution is 7.92. The molecule has 0 saturated carbocycles. The maximum atomic E-state index is 13.4. The molecule has 32 heavy (non-hydrogen) atoms. The van der Waals surface area contributed by atoms with E-state index < -0.39 is 16.6 Å². The summed E-state index contributed by atoms with van der Waals surface area (Å²) in [5, 5.41) is 0.467. The van der Waals surface area contributed by atoms with Crippen LogP contribution in [0.15, 0.2) is 53.4 Å². The predicted octanol–water partition coefficient (Wildman–Crippen LogP) is 3.99. The normalized spacial score (nSPS) is 14.8. The number of halogens is 2. The van der Waals surface area contributed by atoms with E-state index in [9.17, 15) is 18.0 Å². The molecule has 172 valence electrons. The van der Waals surface area contributed by atoms with Gasteiger partial charge in [-0.15, -0.1) is 0 Å². The molecule has 2 aromatic rings. The van der Waals surface area contributed by atoms with Crippen LogP contribution in [0.5, 0.6) is 0 Å². The third kappa shape index (κ3) is 5.54. The first kappa shape index (κ1) is 24.4. The Morgan fingerprint density at radius 1 is 1.09 bits per heavy atom. The van der Waals surface area contributed by atoms with E-state index in [0.717, 1.165) is 4.31 Å². The lowest BCUT2D eigenvalue weighted by atomic mass is 9.97. The summed E-state index contributed by atoms with van der Waals surface area (Å²) in [5.74, 6) is -0.896. The van der Waals surface area contributed by atoms with Crippen molar-refractivity contribution < 1.29 is 22.7 Å². The minimum atomic E-state index is -4.07. The van der Waals surface area contributed by atoms with Crippen molar-refractivity contribution in [2.45, 2.75) is 24.7 Å². The van der Waals surface area contributed by atoms with Crippen molar-refractivity contribution in [1.82, 2.24) is 4.90 Å². The summed E-state index contributed by atoms with van der Waals surface area (Å²) in [5.41, 5.74) is 0.162. The number of hydrogen-bond acceptors (Lipinski definition) is 5. The molecule has 0 aromatic heterocycles. The van der Waals surface area contributed by atoms with Crippen LogP contribution in [0.2, 0.25) is 10.0 Å². The van der Waals surface area contributed by atoms with Gasteiger partial charge in [0.1, 0.15) is 6.54 Å². The van der Waals surface area contributed by atoms with Crippen LogP contribution in [0.25, 0.3) is 0 Å². The molecule has 0 bridgehead atoms. The summed E-state index contributed by atoms with van der Waals surface area (Å²) < 4.78 is 32.9. The molecule has 0 spiro atoms. The number of likely N-dealkylation sites (tertiary alicyclic amines) is 1. The number of hydrogen-bond donors (Lipinski definition) is 0. The predicted molar refractivity (Wildman–Crippen MR) is 123 cm³/mol. The van der Waals surface area contributed by atoms with Gasteiger partial charge in [0, 0.05) is 18.1 Å². The van der Waals surface area contributed by atoms with Gasteiger partial charge in [0.25, 0.3) is 10.0 Å². The van der Waals surface area contributed by atoms with Gasteiger partial charge >= 0.3 is 5.97 Å². The van der Waals surface area contributed by atoms with E-state index in [1.165, 1.54) is 30.3 Å². The van der Waals surface area contributed by atoms with Crippen molar-refractivity contribution in [3.05, 3.63) is 58.6 Å². The largest absolute Gasteiger partial charge is 0.466 e. The topological polar surface area (TPSA) is 84.0 Å². The van der Waals surface area contributed by atoms with Crippen molar-refractivity contribution in [3.63, 3.8) is 0 Å². The van der Waals surface area contributed by atoms with Crippen LogP contribution in [0, 0.1) is 5.92 Å². The highest BCUT2D eigenvalue weighted by Crippen LogP contribution is 2.33. The number of nitrogens with zero attached hydrogens (tertiary/aromatic N) is 2. The highest BCUT2D eigenvalue weighted by atomic mass is 35.5. The Morgan fingerprint density at radius 2 is 1.75 bits per heavy atom. The minimum absolute atomic E-state index is 0.0415. The fourth-order valence-electron chi connectivity index (χ4n) is 3.55. The Kier molecular flexibility index (Phi) is 8.03. The number of amides is 1. The molecule has 1 saturated heterocycles. The zero-order valence-electron chi connectivity index (χ0n) is 17.5. The second kappa shape index (κ2) is 10.6. The first-order valence-corrected chi connectivity index (χ1v) is 12.4. The minimum Gasteiger partial charge on any atom is -0.466 e. The molecule has 10 heteroatoms. The molecule has 3 rings (SSSR count). The molecule has 7 nitrogen and oxygen atoms in total. The summed E-state index contributed by atoms with van der Waals surface area (Å²) in [4.78, 5) is 26.6. The molecule has 0 unspecified atom stereocenters. The first-order chi connectivity index (χ1) is 15.2. The molecule has 0 aliphatic carbocycles. The zero-order chi connectivity index (χ0) is 23.3. The molecule has 1 amide bonds. The second-order valence-corrected chi connectivity index (χ2v) is 10.0. The highest BCUT2D eigenvalue weighted by Gasteiger charge is 2.33. The number of carbonyl (C=O) groups excluding carboxylic acids is 2. The maximum absolute atomic E-state index is 13.4. The lowest BCUT2D eigenvalue weighted by Gasteiger charge is -2.33. The fraction of sp³-hybridized carbons (Fsp3) is 0.364. The Morgan fingerprint density at radius 3 is 2.34 bits per heavy atom. The van der Waals surface area contributed by atoms with Crippen LogP contribution in [0.1, 0.15) is 19.8 Å². The standard InChI is InChI=1S/C22H24Cl2N2O5S/c1-2-31-22(28)16-10-12-25(13-11-16)21(27)15-26(20-9-8-17(23)14-19(20)24)32(29,30)18-6-4-3-5-7-18/h3-9,14,16H,2,10-13,15H2,1H3. The number of rotatable bonds is 7. The van der Waals surface area contributed by atoms with Gasteiger partial charge in [0.05, 0.1) is 28.1 Å². The second-order valence-electron chi connectivity index (χ2n) is 7.33. The van der Waals surface area contributed by atoms with E-state index in [1.807, 2.05) is 0 Å². The SMILES string of the molecule is CCOC(=O)C1CCN(C(=O)CN(c2ccc(Cl)cc2Cl)S(=O)(=O)c2ccccc2)CC1. The summed E-state index contributed by atoms with van der Waals surface area (Å²) >= 11 is 12.3. The van der Waals surface area contributed by atoms with Crippen molar-refractivity contribution in [1.29, 1.82) is 0 Å². The van der Waals surface area contributed by atoms with Gasteiger partial charge in [0.15, 0.2) is 0 Å². The van der Waals surface area contributed by atoms with Gasteiger partial charge < -0.3 is 9.64 Å². The molecule has 0 radical (unpaired) electrons. The van der Waals surface area contributed by atoms with Gasteiger partial charge in [-0.2, -0.15) is 0 Å². The summed E-state index contributed by atoms with van der Waals surface area (Å²) in [6, 6.07) is 12.3. The molecule has 1 heterocycles. The molecule has 1 aliphatic rings. The quantitative estimate of drug-likeness (QED) is 0.538. The number of benzene rings is 2. The van der Waals surface area contributed by atoms with Crippen molar-refractivity contribution >= 4 is 50.8 Å². The van der Waals surface area contributed by atoms with Gasteiger partial charge in [-0.25, -0.2) is 8.42 Å². The monoisotopic (exact) mass is 498 g/mol. The van der Waals surface area contributed by atoms with Crippen molar-refractivity contribution in [2.24, 2.45) is 5.92 Å². The van der Waals surface area contributed by atoms with Crippen LogP contribution in [-0.2, 0) is 24.3 Å². The number of carbonyl (C=O) groups is 2. The number of piperidine rings is 1. The molecular formula is C22H24Cl2N2O5S. The van der Waals surface area contributed by atoms with Gasteiger partial charge in [-0.1, -0.05) is 41.4 Å². The Hall–Kier alpha value is -2.29. The molecule has 0 N–H and O–H groups in total. The molecule has 2 aromatic carbocycles. The van der Waals surface area contributed by atoms with Gasteiger partial charge in [0.2, 0.25) is 5.91 Å². The van der Waals surface area contributed by atoms with Crippen LogP contribution >= 0.6 is 23.2 Å². The summed E-state index contributed by atoms with van der Waals surface area (Å²) in [7, 11) is -4.07. The summed E-state index contributed by atoms with van der Waals surface area (Å²) in [6.45, 7) is 2.32. The number of esters is 1. The third-order valence-corrected chi connectivity index (χ3v) is 7.57. The average molecular weight is 499 g/mol. The number of anilines is 1.